The Kier molecular flexibility index (Phi) is 7.30. The van der Waals surface area contributed by atoms with Crippen molar-refractivity contribution in [3.63, 3.8) is 0 Å². The quantitative estimate of drug-likeness (QED) is 0.347. The molecule has 1 aromatic heterocycles. The predicted molar refractivity (Wildman–Crippen MR) is 122 cm³/mol. The fraction of sp³-hybridized carbons (Fsp3) is 0.556. The molecule has 3 heteroatoms. The second-order valence-corrected chi connectivity index (χ2v) is 9.46. The smallest absolute Gasteiger partial charge is 0.159 e. The Balaban J connectivity index is 1.25. The van der Waals surface area contributed by atoms with E-state index >= 15 is 0 Å². The normalized spacial score (nSPS) is 27.0. The molecule has 0 N–H and O–H groups in total. The van der Waals surface area contributed by atoms with Gasteiger partial charge in [0.15, 0.2) is 5.82 Å². The summed E-state index contributed by atoms with van der Waals surface area (Å²) in [5.74, 6) is 3.90. The zero-order valence-corrected chi connectivity index (χ0v) is 18.1. The first kappa shape index (κ1) is 21.2. The van der Waals surface area contributed by atoms with Gasteiger partial charge in [-0.2, -0.15) is 0 Å². The summed E-state index contributed by atoms with van der Waals surface area (Å²) in [4.78, 5) is 9.12. The zero-order chi connectivity index (χ0) is 20.8. The van der Waals surface area contributed by atoms with Crippen LogP contribution in [0, 0.1) is 23.6 Å². The van der Waals surface area contributed by atoms with Gasteiger partial charge in [0.2, 0.25) is 0 Å². The van der Waals surface area contributed by atoms with Gasteiger partial charge in [-0.15, -0.1) is 6.58 Å². The van der Waals surface area contributed by atoms with Gasteiger partial charge < -0.3 is 0 Å². The highest BCUT2D eigenvalue weighted by molar-refractivity contribution is 5.54. The molecule has 0 saturated heterocycles. The fourth-order valence-corrected chi connectivity index (χ4v) is 5.72. The maximum atomic E-state index is 13.1. The molecule has 2 aliphatic rings. The Bertz CT molecular complexity index is 783. The van der Waals surface area contributed by atoms with Gasteiger partial charge in [0.1, 0.15) is 5.82 Å². The maximum Gasteiger partial charge on any atom is 0.159 e. The van der Waals surface area contributed by atoms with Crippen LogP contribution in [0.2, 0.25) is 0 Å². The lowest BCUT2D eigenvalue weighted by molar-refractivity contribution is 0.156. The number of benzene rings is 1. The molecular weight excluding hydrogens is 371 g/mol. The Hall–Kier alpha value is -2.03. The molecule has 2 aliphatic carbocycles. The molecule has 4 rings (SSSR count). The van der Waals surface area contributed by atoms with Crippen LogP contribution in [0.5, 0.6) is 0 Å². The number of hydrogen-bond donors (Lipinski definition) is 0. The molecule has 0 amide bonds. The number of unbranched alkanes of at least 4 members (excludes halogenated alkanes) is 1. The van der Waals surface area contributed by atoms with Crippen molar-refractivity contribution in [3.8, 4) is 11.4 Å². The predicted octanol–water partition coefficient (Wildman–Crippen LogP) is 7.72. The van der Waals surface area contributed by atoms with Gasteiger partial charge in [0, 0.05) is 18.0 Å². The lowest BCUT2D eigenvalue weighted by atomic mass is 9.68. The van der Waals surface area contributed by atoms with Crippen molar-refractivity contribution in [2.24, 2.45) is 17.8 Å². The highest BCUT2D eigenvalue weighted by atomic mass is 19.1. The van der Waals surface area contributed by atoms with Gasteiger partial charge in [-0.1, -0.05) is 25.3 Å². The average Bonchev–Trinajstić information content (AvgIpc) is 2.81. The number of nitrogens with zero attached hydrogens (tertiary/aromatic N) is 2. The minimum Gasteiger partial charge on any atom is -0.236 e. The molecule has 0 bridgehead atoms. The molecule has 2 fully saturated rings. The SMILES string of the molecule is C=CCCC[C@H]1CC[C@H](C2CCC(c3cnc(-c4ccc(F)cc4)nc3)CC2)CC1. The van der Waals surface area contributed by atoms with Crippen molar-refractivity contribution in [3.05, 3.63) is 60.7 Å². The van der Waals surface area contributed by atoms with E-state index in [1.165, 1.54) is 88.3 Å². The molecule has 2 saturated carbocycles. The van der Waals surface area contributed by atoms with E-state index in [1.54, 1.807) is 12.1 Å². The first-order valence-corrected chi connectivity index (χ1v) is 11.9. The number of hydrogen-bond acceptors (Lipinski definition) is 2. The van der Waals surface area contributed by atoms with Crippen molar-refractivity contribution in [2.45, 2.75) is 76.5 Å². The third-order valence-corrected chi connectivity index (χ3v) is 7.60. The highest BCUT2D eigenvalue weighted by Gasteiger charge is 2.31. The van der Waals surface area contributed by atoms with E-state index in [9.17, 15) is 4.39 Å². The van der Waals surface area contributed by atoms with Crippen LogP contribution in [0.3, 0.4) is 0 Å². The molecule has 30 heavy (non-hydrogen) atoms. The van der Waals surface area contributed by atoms with Crippen molar-refractivity contribution in [1.82, 2.24) is 9.97 Å². The van der Waals surface area contributed by atoms with E-state index in [4.69, 9.17) is 0 Å². The summed E-state index contributed by atoms with van der Waals surface area (Å²) in [5, 5.41) is 0. The molecule has 1 heterocycles. The summed E-state index contributed by atoms with van der Waals surface area (Å²) in [6.45, 7) is 3.85. The maximum absolute atomic E-state index is 13.1. The van der Waals surface area contributed by atoms with Crippen molar-refractivity contribution < 1.29 is 4.39 Å². The summed E-state index contributed by atoms with van der Waals surface area (Å²) in [6.07, 6.45) is 21.0. The number of rotatable bonds is 7. The molecule has 0 unspecified atom stereocenters. The average molecular weight is 407 g/mol. The van der Waals surface area contributed by atoms with Gasteiger partial charge in [-0.25, -0.2) is 14.4 Å². The minimum absolute atomic E-state index is 0.228. The molecule has 0 radical (unpaired) electrons. The topological polar surface area (TPSA) is 25.8 Å². The molecule has 0 aliphatic heterocycles. The number of aromatic nitrogens is 2. The standard InChI is InChI=1S/C27H35FN2/c1-2-3-4-5-20-6-8-21(9-7-20)22-10-12-23(13-11-22)25-18-29-27(30-19-25)24-14-16-26(28)17-15-24/h2,14-23H,1,3-13H2/t20-,21-,22?,23?. The highest BCUT2D eigenvalue weighted by Crippen LogP contribution is 2.44. The van der Waals surface area contributed by atoms with Crippen LogP contribution in [-0.2, 0) is 0 Å². The van der Waals surface area contributed by atoms with E-state index in [1.807, 2.05) is 12.4 Å². The number of allylic oxidation sites excluding steroid dienone is 1. The van der Waals surface area contributed by atoms with E-state index in [0.717, 1.165) is 23.3 Å². The summed E-state index contributed by atoms with van der Waals surface area (Å²) in [6, 6.07) is 6.40. The lowest BCUT2D eigenvalue weighted by Crippen LogP contribution is -2.25. The first-order valence-electron chi connectivity index (χ1n) is 11.9. The summed E-state index contributed by atoms with van der Waals surface area (Å²) in [7, 11) is 0. The van der Waals surface area contributed by atoms with Crippen LogP contribution in [-0.4, -0.2) is 9.97 Å². The van der Waals surface area contributed by atoms with Gasteiger partial charge in [-0.3, -0.25) is 0 Å². The molecule has 0 spiro atoms. The van der Waals surface area contributed by atoms with Crippen LogP contribution < -0.4 is 0 Å². The lowest BCUT2D eigenvalue weighted by Gasteiger charge is -2.38. The zero-order valence-electron chi connectivity index (χ0n) is 18.1. The van der Waals surface area contributed by atoms with Crippen molar-refractivity contribution in [1.29, 1.82) is 0 Å². The van der Waals surface area contributed by atoms with Crippen molar-refractivity contribution in [2.75, 3.05) is 0 Å². The van der Waals surface area contributed by atoms with Crippen molar-refractivity contribution >= 4 is 0 Å². The largest absolute Gasteiger partial charge is 0.236 e. The minimum atomic E-state index is -0.228. The van der Waals surface area contributed by atoms with Crippen LogP contribution in [0.1, 0.15) is 82.1 Å². The summed E-state index contributed by atoms with van der Waals surface area (Å²) >= 11 is 0. The molecule has 0 atom stereocenters. The second-order valence-electron chi connectivity index (χ2n) is 9.46. The van der Waals surface area contributed by atoms with Gasteiger partial charge in [0.05, 0.1) is 0 Å². The van der Waals surface area contributed by atoms with Crippen LogP contribution in [0.15, 0.2) is 49.3 Å². The Morgan fingerprint density at radius 1 is 0.867 bits per heavy atom. The van der Waals surface area contributed by atoms with E-state index < -0.39 is 0 Å². The molecule has 2 nitrogen and oxygen atoms in total. The van der Waals surface area contributed by atoms with Crippen LogP contribution >= 0.6 is 0 Å². The fourth-order valence-electron chi connectivity index (χ4n) is 5.72. The number of halogens is 1. The van der Waals surface area contributed by atoms with Gasteiger partial charge >= 0.3 is 0 Å². The summed E-state index contributed by atoms with van der Waals surface area (Å²) < 4.78 is 13.1. The monoisotopic (exact) mass is 406 g/mol. The Morgan fingerprint density at radius 3 is 2.07 bits per heavy atom. The Morgan fingerprint density at radius 2 is 1.47 bits per heavy atom. The van der Waals surface area contributed by atoms with Crippen LogP contribution in [0.4, 0.5) is 4.39 Å². The molecule has 1 aromatic carbocycles. The molecular formula is C27H35FN2. The molecule has 2 aromatic rings. The third-order valence-electron chi connectivity index (χ3n) is 7.60. The molecule has 160 valence electrons. The first-order chi connectivity index (χ1) is 14.7. The van der Waals surface area contributed by atoms with E-state index in [-0.39, 0.29) is 5.82 Å². The summed E-state index contributed by atoms with van der Waals surface area (Å²) in [5.41, 5.74) is 2.14. The second kappa shape index (κ2) is 10.3. The van der Waals surface area contributed by atoms with E-state index in [2.05, 4.69) is 22.6 Å². The Labute approximate surface area is 181 Å². The van der Waals surface area contributed by atoms with Gasteiger partial charge in [-0.05, 0) is 105 Å². The van der Waals surface area contributed by atoms with Gasteiger partial charge in [0.25, 0.3) is 0 Å². The van der Waals surface area contributed by atoms with E-state index in [0.29, 0.717) is 11.7 Å². The third kappa shape index (κ3) is 5.36. The van der Waals surface area contributed by atoms with Crippen LogP contribution in [0.25, 0.3) is 11.4 Å².